The minimum atomic E-state index is -0.0752. The molecule has 1 N–H and O–H groups in total. The molecule has 186 valence electrons. The van der Waals surface area contributed by atoms with E-state index in [0.717, 1.165) is 43.2 Å². The second kappa shape index (κ2) is 11.4. The van der Waals surface area contributed by atoms with Gasteiger partial charge in [-0.3, -0.25) is 4.79 Å². The van der Waals surface area contributed by atoms with Gasteiger partial charge in [-0.05, 0) is 74.3 Å². The van der Waals surface area contributed by atoms with Gasteiger partial charge < -0.3 is 19.5 Å². The lowest BCUT2D eigenvalue weighted by molar-refractivity contribution is -0.121. The number of carbonyl (C=O) groups is 1. The molecule has 0 bridgehead atoms. The summed E-state index contributed by atoms with van der Waals surface area (Å²) in [6, 6.07) is 26.5. The van der Waals surface area contributed by atoms with Crippen LogP contribution in [-0.4, -0.2) is 41.6 Å². The molecule has 5 heteroatoms. The van der Waals surface area contributed by atoms with E-state index in [1.807, 2.05) is 42.5 Å². The monoisotopic (exact) mass is 481 g/mol. The zero-order valence-electron chi connectivity index (χ0n) is 21.0. The van der Waals surface area contributed by atoms with Crippen molar-refractivity contribution in [3.05, 3.63) is 96.2 Å². The second-order valence-corrected chi connectivity index (χ2v) is 9.53. The number of aryl methyl sites for hydroxylation is 1. The topological polar surface area (TPSA) is 46.5 Å². The third-order valence-electron chi connectivity index (χ3n) is 7.11. The average molecular weight is 482 g/mol. The van der Waals surface area contributed by atoms with Crippen LogP contribution in [0.4, 0.5) is 0 Å². The van der Waals surface area contributed by atoms with E-state index in [1.165, 1.54) is 29.3 Å². The van der Waals surface area contributed by atoms with E-state index in [-0.39, 0.29) is 11.8 Å². The van der Waals surface area contributed by atoms with Crippen molar-refractivity contribution in [3.8, 4) is 11.5 Å². The van der Waals surface area contributed by atoms with Crippen molar-refractivity contribution in [1.29, 1.82) is 0 Å². The number of fused-ring (bicyclic) bond motifs is 1. The molecule has 1 atom stereocenters. The third-order valence-corrected chi connectivity index (χ3v) is 7.11. The molecule has 1 fully saturated rings. The number of hydrogen-bond donors (Lipinski definition) is 1. The van der Waals surface area contributed by atoms with E-state index in [9.17, 15) is 4.79 Å². The summed E-state index contributed by atoms with van der Waals surface area (Å²) < 4.78 is 8.41. The molecule has 2 heterocycles. The van der Waals surface area contributed by atoms with Crippen LogP contribution in [0.5, 0.6) is 11.5 Å². The molecular weight excluding hydrogens is 446 g/mol. The predicted molar refractivity (Wildman–Crippen MR) is 146 cm³/mol. The zero-order chi connectivity index (χ0) is 24.7. The fourth-order valence-corrected chi connectivity index (χ4v) is 5.26. The summed E-state index contributed by atoms with van der Waals surface area (Å²) in [6.07, 6.45) is 5.14. The highest BCUT2D eigenvalue weighted by Crippen LogP contribution is 2.36. The van der Waals surface area contributed by atoms with E-state index in [2.05, 4.69) is 64.3 Å². The molecule has 4 aromatic rings. The van der Waals surface area contributed by atoms with Crippen molar-refractivity contribution in [3.63, 3.8) is 0 Å². The molecule has 1 saturated heterocycles. The van der Waals surface area contributed by atoms with Crippen LogP contribution < -0.4 is 10.1 Å². The molecule has 0 spiro atoms. The van der Waals surface area contributed by atoms with E-state index in [0.29, 0.717) is 13.0 Å². The maximum atomic E-state index is 13.2. The lowest BCUT2D eigenvalue weighted by atomic mass is 9.88. The summed E-state index contributed by atoms with van der Waals surface area (Å²) >= 11 is 0. The quantitative estimate of drug-likeness (QED) is 0.294. The van der Waals surface area contributed by atoms with Crippen molar-refractivity contribution in [2.75, 3.05) is 26.2 Å². The summed E-state index contributed by atoms with van der Waals surface area (Å²) in [6.45, 7) is 6.94. The second-order valence-electron chi connectivity index (χ2n) is 9.53. The minimum Gasteiger partial charge on any atom is -0.457 e. The fraction of sp³-hybridized carbons (Fsp3) is 0.323. The molecule has 1 aromatic heterocycles. The first-order chi connectivity index (χ1) is 17.7. The molecule has 0 saturated carbocycles. The van der Waals surface area contributed by atoms with Crippen molar-refractivity contribution in [2.45, 2.75) is 38.6 Å². The van der Waals surface area contributed by atoms with Gasteiger partial charge in [0.2, 0.25) is 5.91 Å². The summed E-state index contributed by atoms with van der Waals surface area (Å²) in [5.41, 5.74) is 3.46. The van der Waals surface area contributed by atoms with E-state index >= 15 is 0 Å². The standard InChI is InChI=1S/C31H35N3O2/c1-2-34-23-29(27-15-6-7-16-30(27)34)28(22-31(35)32-17-20-33-18-8-9-19-33)24-11-10-14-26(21-24)36-25-12-4-3-5-13-25/h3-7,10-16,21,23,28H,2,8-9,17-20,22H2,1H3,(H,32,35). The molecule has 5 rings (SSSR count). The Kier molecular flexibility index (Phi) is 7.67. The molecule has 1 aliphatic rings. The van der Waals surface area contributed by atoms with Crippen LogP contribution in [0.3, 0.4) is 0 Å². The highest BCUT2D eigenvalue weighted by molar-refractivity contribution is 5.86. The molecule has 0 aliphatic carbocycles. The summed E-state index contributed by atoms with van der Waals surface area (Å²) in [5, 5.41) is 4.38. The number of benzene rings is 3. The molecule has 0 radical (unpaired) electrons. The summed E-state index contributed by atoms with van der Waals surface area (Å²) in [5.74, 6) is 1.58. The molecular formula is C31H35N3O2. The van der Waals surface area contributed by atoms with Crippen LogP contribution in [0.1, 0.15) is 43.2 Å². The van der Waals surface area contributed by atoms with E-state index < -0.39 is 0 Å². The number of ether oxygens (including phenoxy) is 1. The SMILES string of the molecule is CCn1cc(C(CC(=O)NCCN2CCCC2)c2cccc(Oc3ccccc3)c2)c2ccccc21. The Morgan fingerprint density at radius 3 is 2.50 bits per heavy atom. The largest absolute Gasteiger partial charge is 0.457 e. The maximum absolute atomic E-state index is 13.2. The fourth-order valence-electron chi connectivity index (χ4n) is 5.26. The van der Waals surface area contributed by atoms with Gasteiger partial charge in [0.05, 0.1) is 0 Å². The first-order valence-corrected chi connectivity index (χ1v) is 13.1. The molecule has 5 nitrogen and oxygen atoms in total. The molecule has 1 unspecified atom stereocenters. The predicted octanol–water partition coefficient (Wildman–Crippen LogP) is 6.19. The number of nitrogens with one attached hydrogen (secondary N) is 1. The Balaban J connectivity index is 1.42. The number of hydrogen-bond acceptors (Lipinski definition) is 3. The Morgan fingerprint density at radius 1 is 0.944 bits per heavy atom. The summed E-state index contributed by atoms with van der Waals surface area (Å²) in [4.78, 5) is 15.6. The van der Waals surface area contributed by atoms with Crippen LogP contribution in [0.25, 0.3) is 10.9 Å². The number of rotatable bonds is 10. The van der Waals surface area contributed by atoms with E-state index in [4.69, 9.17) is 4.74 Å². The molecule has 1 amide bonds. The number of nitrogens with zero attached hydrogens (tertiary/aromatic N) is 2. The first kappa shape index (κ1) is 24.1. The number of amides is 1. The number of para-hydroxylation sites is 2. The highest BCUT2D eigenvalue weighted by Gasteiger charge is 2.23. The zero-order valence-corrected chi connectivity index (χ0v) is 21.0. The number of likely N-dealkylation sites (tertiary alicyclic amines) is 1. The van der Waals surface area contributed by atoms with Gasteiger partial charge in [0.1, 0.15) is 11.5 Å². The van der Waals surface area contributed by atoms with Gasteiger partial charge in [-0.15, -0.1) is 0 Å². The lowest BCUT2D eigenvalue weighted by Gasteiger charge is -2.19. The molecule has 3 aromatic carbocycles. The Bertz CT molecular complexity index is 1290. The van der Waals surface area contributed by atoms with Gasteiger partial charge in [-0.25, -0.2) is 0 Å². The smallest absolute Gasteiger partial charge is 0.220 e. The minimum absolute atomic E-state index is 0.0752. The molecule has 36 heavy (non-hydrogen) atoms. The van der Waals surface area contributed by atoms with Gasteiger partial charge in [0, 0.05) is 49.1 Å². The first-order valence-electron chi connectivity index (χ1n) is 13.1. The van der Waals surface area contributed by atoms with Crippen molar-refractivity contribution >= 4 is 16.8 Å². The van der Waals surface area contributed by atoms with Gasteiger partial charge in [-0.1, -0.05) is 48.5 Å². The average Bonchev–Trinajstić information content (AvgIpc) is 3.56. The Morgan fingerprint density at radius 2 is 1.69 bits per heavy atom. The van der Waals surface area contributed by atoms with Crippen LogP contribution in [0, 0.1) is 0 Å². The van der Waals surface area contributed by atoms with E-state index in [1.54, 1.807) is 0 Å². The van der Waals surface area contributed by atoms with Crippen LogP contribution in [0.15, 0.2) is 85.1 Å². The number of carbonyl (C=O) groups excluding carboxylic acids is 1. The van der Waals surface area contributed by atoms with Crippen LogP contribution in [0.2, 0.25) is 0 Å². The lowest BCUT2D eigenvalue weighted by Crippen LogP contribution is -2.34. The highest BCUT2D eigenvalue weighted by atomic mass is 16.5. The normalized spacial score (nSPS) is 14.7. The van der Waals surface area contributed by atoms with Crippen molar-refractivity contribution in [1.82, 2.24) is 14.8 Å². The summed E-state index contributed by atoms with van der Waals surface area (Å²) in [7, 11) is 0. The molecule has 1 aliphatic heterocycles. The van der Waals surface area contributed by atoms with Crippen molar-refractivity contribution < 1.29 is 9.53 Å². The van der Waals surface area contributed by atoms with Crippen LogP contribution >= 0.6 is 0 Å². The Hall–Kier alpha value is -3.57. The van der Waals surface area contributed by atoms with Gasteiger partial charge in [-0.2, -0.15) is 0 Å². The van der Waals surface area contributed by atoms with Gasteiger partial charge in [0.25, 0.3) is 0 Å². The van der Waals surface area contributed by atoms with Gasteiger partial charge in [0.15, 0.2) is 0 Å². The third kappa shape index (κ3) is 5.63. The van der Waals surface area contributed by atoms with Crippen molar-refractivity contribution in [2.24, 2.45) is 0 Å². The number of aromatic nitrogens is 1. The maximum Gasteiger partial charge on any atom is 0.220 e. The Labute approximate surface area is 213 Å². The van der Waals surface area contributed by atoms with Crippen LogP contribution in [-0.2, 0) is 11.3 Å². The van der Waals surface area contributed by atoms with Gasteiger partial charge >= 0.3 is 0 Å².